The average Bonchev–Trinajstić information content (AvgIpc) is 2.95. The van der Waals surface area contributed by atoms with Gasteiger partial charge in [-0.3, -0.25) is 0 Å². The summed E-state index contributed by atoms with van der Waals surface area (Å²) in [6.07, 6.45) is 0. The van der Waals surface area contributed by atoms with Crippen molar-refractivity contribution in [3.63, 3.8) is 0 Å². The highest BCUT2D eigenvalue weighted by Gasteiger charge is 2.20. The van der Waals surface area contributed by atoms with Gasteiger partial charge in [0.2, 0.25) is 10.0 Å². The minimum absolute atomic E-state index is 0.0459. The van der Waals surface area contributed by atoms with Crippen LogP contribution in [0.1, 0.15) is 16.5 Å². The molecule has 0 aliphatic rings. The van der Waals surface area contributed by atoms with Crippen molar-refractivity contribution in [2.24, 2.45) is 0 Å². The van der Waals surface area contributed by atoms with E-state index in [1.807, 2.05) is 36.5 Å². The van der Waals surface area contributed by atoms with Crippen molar-refractivity contribution in [1.82, 2.24) is 9.62 Å². The summed E-state index contributed by atoms with van der Waals surface area (Å²) in [5.41, 5.74) is 0.174. The van der Waals surface area contributed by atoms with Crippen LogP contribution in [-0.4, -0.2) is 34.0 Å². The monoisotopic (exact) mass is 342 g/mol. The first-order valence-electron chi connectivity index (χ1n) is 6.79. The molecule has 22 heavy (non-hydrogen) atoms. The normalized spacial score (nSPS) is 13.5. The van der Waals surface area contributed by atoms with E-state index >= 15 is 0 Å². The van der Waals surface area contributed by atoms with Crippen LogP contribution in [0.3, 0.4) is 0 Å². The smallest absolute Gasteiger partial charge is 0.215 e. The molecule has 1 N–H and O–H groups in total. The fraction of sp³-hybridized carbons (Fsp3) is 0.333. The highest BCUT2D eigenvalue weighted by molar-refractivity contribution is 7.88. The van der Waals surface area contributed by atoms with Gasteiger partial charge in [-0.25, -0.2) is 17.5 Å². The SMILES string of the molecule is CN(C)[C@H](CNS(=O)(=O)Cc1ccccc1F)c1cccs1. The molecule has 0 radical (unpaired) electrons. The summed E-state index contributed by atoms with van der Waals surface area (Å²) in [7, 11) is 0.208. The summed E-state index contributed by atoms with van der Waals surface area (Å²) < 4.78 is 40.5. The predicted molar refractivity (Wildman–Crippen MR) is 87.8 cm³/mol. The first-order chi connectivity index (χ1) is 10.4. The Kier molecular flexibility index (Phi) is 5.69. The molecule has 2 rings (SSSR count). The predicted octanol–water partition coefficient (Wildman–Crippen LogP) is 2.61. The van der Waals surface area contributed by atoms with Crippen LogP contribution in [0.15, 0.2) is 41.8 Å². The highest BCUT2D eigenvalue weighted by Crippen LogP contribution is 2.22. The molecule has 0 saturated carbocycles. The van der Waals surface area contributed by atoms with E-state index in [-0.39, 0.29) is 23.9 Å². The Balaban J connectivity index is 2.04. The van der Waals surface area contributed by atoms with Crippen molar-refractivity contribution in [1.29, 1.82) is 0 Å². The zero-order valence-electron chi connectivity index (χ0n) is 12.5. The van der Waals surface area contributed by atoms with Gasteiger partial charge in [-0.05, 0) is 31.6 Å². The van der Waals surface area contributed by atoms with Crippen LogP contribution < -0.4 is 4.72 Å². The molecule has 1 atom stereocenters. The van der Waals surface area contributed by atoms with Crippen LogP contribution in [0.4, 0.5) is 4.39 Å². The van der Waals surface area contributed by atoms with E-state index in [9.17, 15) is 12.8 Å². The van der Waals surface area contributed by atoms with Crippen LogP contribution >= 0.6 is 11.3 Å². The summed E-state index contributed by atoms with van der Waals surface area (Å²) in [5.74, 6) is -0.861. The Morgan fingerprint density at radius 3 is 2.55 bits per heavy atom. The third-order valence-electron chi connectivity index (χ3n) is 3.29. The molecule has 2 aromatic rings. The molecule has 0 unspecified atom stereocenters. The second-order valence-corrected chi connectivity index (χ2v) is 7.98. The highest BCUT2D eigenvalue weighted by atomic mass is 32.2. The standard InChI is InChI=1S/C15H19FN2O2S2/c1-18(2)14(15-8-5-9-21-15)10-17-22(19,20)11-12-6-3-4-7-13(12)16/h3-9,14,17H,10-11H2,1-2H3/t14-/m1/s1. The van der Waals surface area contributed by atoms with Crippen molar-refractivity contribution in [2.45, 2.75) is 11.8 Å². The number of halogens is 1. The van der Waals surface area contributed by atoms with Crippen LogP contribution in [-0.2, 0) is 15.8 Å². The lowest BCUT2D eigenvalue weighted by Crippen LogP contribution is -2.34. The van der Waals surface area contributed by atoms with Gasteiger partial charge in [0, 0.05) is 17.0 Å². The molecule has 0 amide bonds. The van der Waals surface area contributed by atoms with E-state index in [2.05, 4.69) is 4.72 Å². The summed E-state index contributed by atoms with van der Waals surface area (Å²) in [4.78, 5) is 3.04. The molecule has 0 bridgehead atoms. The molecule has 0 aliphatic heterocycles. The average molecular weight is 342 g/mol. The first-order valence-corrected chi connectivity index (χ1v) is 9.33. The lowest BCUT2D eigenvalue weighted by molar-refractivity contribution is 0.303. The molecule has 7 heteroatoms. The number of benzene rings is 1. The molecule has 0 aliphatic carbocycles. The van der Waals surface area contributed by atoms with Crippen LogP contribution in [0.5, 0.6) is 0 Å². The summed E-state index contributed by atoms with van der Waals surface area (Å²) in [5, 5.41) is 1.96. The molecule has 1 aromatic carbocycles. The van der Waals surface area contributed by atoms with Gasteiger partial charge in [0.25, 0.3) is 0 Å². The van der Waals surface area contributed by atoms with Crippen molar-refractivity contribution in [3.05, 3.63) is 58.0 Å². The molecule has 1 aromatic heterocycles. The van der Waals surface area contributed by atoms with Crippen LogP contribution in [0, 0.1) is 5.82 Å². The molecular weight excluding hydrogens is 323 g/mol. The molecule has 0 spiro atoms. The van der Waals surface area contributed by atoms with Crippen molar-refractivity contribution in [2.75, 3.05) is 20.6 Å². The zero-order valence-corrected chi connectivity index (χ0v) is 14.1. The maximum Gasteiger partial charge on any atom is 0.215 e. The maximum absolute atomic E-state index is 13.6. The molecule has 4 nitrogen and oxygen atoms in total. The van der Waals surface area contributed by atoms with Crippen LogP contribution in [0.25, 0.3) is 0 Å². The second kappa shape index (κ2) is 7.32. The summed E-state index contributed by atoms with van der Waals surface area (Å²) in [6.45, 7) is 0.254. The van der Waals surface area contributed by atoms with Gasteiger partial charge in [-0.2, -0.15) is 0 Å². The zero-order chi connectivity index (χ0) is 16.2. The minimum atomic E-state index is -3.59. The first kappa shape index (κ1) is 17.1. The number of thiophene rings is 1. The van der Waals surface area contributed by atoms with E-state index in [1.165, 1.54) is 18.2 Å². The fourth-order valence-corrected chi connectivity index (χ4v) is 4.18. The van der Waals surface area contributed by atoms with Gasteiger partial charge < -0.3 is 4.90 Å². The number of hydrogen-bond donors (Lipinski definition) is 1. The molecule has 0 fully saturated rings. The van der Waals surface area contributed by atoms with Gasteiger partial charge in [0.05, 0.1) is 11.8 Å². The Labute approximate surface area is 134 Å². The third-order valence-corrected chi connectivity index (χ3v) is 5.57. The Hall–Kier alpha value is -1.28. The Bertz CT molecular complexity index is 700. The number of sulfonamides is 1. The van der Waals surface area contributed by atoms with Gasteiger partial charge in [0.1, 0.15) is 5.82 Å². The number of nitrogens with one attached hydrogen (secondary N) is 1. The summed E-state index contributed by atoms with van der Waals surface area (Å²) in [6, 6.07) is 9.77. The van der Waals surface area contributed by atoms with Crippen molar-refractivity contribution >= 4 is 21.4 Å². The lowest BCUT2D eigenvalue weighted by Gasteiger charge is -2.23. The number of rotatable bonds is 7. The van der Waals surface area contributed by atoms with Crippen molar-refractivity contribution in [3.8, 4) is 0 Å². The fourth-order valence-electron chi connectivity index (χ4n) is 2.10. The van der Waals surface area contributed by atoms with Crippen LogP contribution in [0.2, 0.25) is 0 Å². The van der Waals surface area contributed by atoms with E-state index in [1.54, 1.807) is 17.4 Å². The van der Waals surface area contributed by atoms with Gasteiger partial charge in [-0.15, -0.1) is 11.3 Å². The van der Waals surface area contributed by atoms with E-state index in [4.69, 9.17) is 0 Å². The number of hydrogen-bond acceptors (Lipinski definition) is 4. The Morgan fingerprint density at radius 2 is 1.95 bits per heavy atom. The minimum Gasteiger partial charge on any atom is -0.300 e. The second-order valence-electron chi connectivity index (χ2n) is 5.19. The molecule has 1 heterocycles. The molecule has 0 saturated heterocycles. The van der Waals surface area contributed by atoms with Crippen molar-refractivity contribution < 1.29 is 12.8 Å². The van der Waals surface area contributed by atoms with E-state index in [0.29, 0.717) is 0 Å². The summed E-state index contributed by atoms with van der Waals surface area (Å²) >= 11 is 1.58. The van der Waals surface area contributed by atoms with E-state index < -0.39 is 15.8 Å². The third kappa shape index (κ3) is 4.61. The quantitative estimate of drug-likeness (QED) is 0.841. The maximum atomic E-state index is 13.6. The number of nitrogens with zero attached hydrogens (tertiary/aromatic N) is 1. The van der Waals surface area contributed by atoms with Gasteiger partial charge in [-0.1, -0.05) is 24.3 Å². The lowest BCUT2D eigenvalue weighted by atomic mass is 10.2. The topological polar surface area (TPSA) is 49.4 Å². The number of likely N-dealkylation sites (N-methyl/N-ethyl adjacent to an activating group) is 1. The molecule has 120 valence electrons. The Morgan fingerprint density at radius 1 is 1.23 bits per heavy atom. The largest absolute Gasteiger partial charge is 0.300 e. The molecular formula is C15H19FN2O2S2. The van der Waals surface area contributed by atoms with Gasteiger partial charge in [0.15, 0.2) is 0 Å². The van der Waals surface area contributed by atoms with E-state index in [0.717, 1.165) is 4.88 Å². The van der Waals surface area contributed by atoms with Gasteiger partial charge >= 0.3 is 0 Å².